The molecule has 4 heterocycles. The van der Waals surface area contributed by atoms with Crippen LogP contribution in [-0.4, -0.2) is 47.0 Å². The van der Waals surface area contributed by atoms with E-state index in [0.29, 0.717) is 12.0 Å². The van der Waals surface area contributed by atoms with Gasteiger partial charge in [-0.3, -0.25) is 0 Å². The molecule has 0 amide bonds. The van der Waals surface area contributed by atoms with Crippen molar-refractivity contribution in [3.8, 4) is 0 Å². The predicted molar refractivity (Wildman–Crippen MR) is 96.4 cm³/mol. The van der Waals surface area contributed by atoms with Crippen LogP contribution in [0.3, 0.4) is 0 Å². The maximum absolute atomic E-state index is 4.55. The van der Waals surface area contributed by atoms with E-state index in [1.54, 1.807) is 0 Å². The fourth-order valence-corrected chi connectivity index (χ4v) is 3.71. The molecule has 0 aliphatic carbocycles. The molecule has 1 atom stereocenters. The molecule has 1 fully saturated rings. The minimum Gasteiger partial charge on any atom is -0.370 e. The van der Waals surface area contributed by atoms with Crippen LogP contribution in [0.15, 0.2) is 30.5 Å². The van der Waals surface area contributed by atoms with Crippen LogP contribution in [0.5, 0.6) is 0 Å². The van der Waals surface area contributed by atoms with E-state index in [-0.39, 0.29) is 0 Å². The Morgan fingerprint density at radius 1 is 1.29 bits per heavy atom. The van der Waals surface area contributed by atoms with E-state index in [2.05, 4.69) is 55.4 Å². The normalized spacial score (nSPS) is 21.4. The second-order valence-corrected chi connectivity index (χ2v) is 6.96. The van der Waals surface area contributed by atoms with E-state index in [1.165, 1.54) is 12.8 Å². The van der Waals surface area contributed by atoms with Crippen molar-refractivity contribution in [1.82, 2.24) is 20.1 Å². The van der Waals surface area contributed by atoms with Crippen LogP contribution < -0.4 is 15.5 Å². The molecule has 2 aromatic rings. The first kappa shape index (κ1) is 15.4. The lowest BCUT2D eigenvalue weighted by atomic mass is 10.0. The molecule has 2 aliphatic rings. The summed E-state index contributed by atoms with van der Waals surface area (Å²) >= 11 is 0. The number of rotatable bonds is 4. The number of pyridine rings is 1. The first-order valence-electron chi connectivity index (χ1n) is 8.95. The van der Waals surface area contributed by atoms with Gasteiger partial charge < -0.3 is 15.5 Å². The quantitative estimate of drug-likeness (QED) is 0.898. The smallest absolute Gasteiger partial charge is 0.128 e. The predicted octanol–water partition coefficient (Wildman–Crippen LogP) is 1.89. The van der Waals surface area contributed by atoms with Gasteiger partial charge in [0.2, 0.25) is 0 Å². The summed E-state index contributed by atoms with van der Waals surface area (Å²) in [5.41, 5.74) is 1.09. The SMILES string of the molecule is Cc1cc2n(n1)C[C@@H](CNC1CCN(c3ccccn3)CC1)CN2. The molecule has 0 spiro atoms. The van der Waals surface area contributed by atoms with Crippen molar-refractivity contribution in [2.45, 2.75) is 32.4 Å². The van der Waals surface area contributed by atoms with Gasteiger partial charge in [-0.2, -0.15) is 5.10 Å². The molecule has 6 heteroatoms. The van der Waals surface area contributed by atoms with E-state index in [9.17, 15) is 0 Å². The van der Waals surface area contributed by atoms with E-state index in [1.807, 2.05) is 12.3 Å². The average Bonchev–Trinajstić information content (AvgIpc) is 3.00. The third-order valence-electron chi connectivity index (χ3n) is 5.07. The highest BCUT2D eigenvalue weighted by Crippen LogP contribution is 2.20. The summed E-state index contributed by atoms with van der Waals surface area (Å²) in [6, 6.07) is 8.88. The molecule has 2 aromatic heterocycles. The van der Waals surface area contributed by atoms with Crippen LogP contribution >= 0.6 is 0 Å². The Morgan fingerprint density at radius 2 is 2.17 bits per heavy atom. The average molecular weight is 326 g/mol. The van der Waals surface area contributed by atoms with Gasteiger partial charge in [0.15, 0.2) is 0 Å². The fourth-order valence-electron chi connectivity index (χ4n) is 3.71. The Hall–Kier alpha value is -2.08. The molecule has 1 saturated heterocycles. The zero-order valence-corrected chi connectivity index (χ0v) is 14.3. The minimum absolute atomic E-state index is 0.602. The first-order chi connectivity index (χ1) is 11.8. The summed E-state index contributed by atoms with van der Waals surface area (Å²) in [4.78, 5) is 6.85. The van der Waals surface area contributed by atoms with E-state index >= 15 is 0 Å². The lowest BCUT2D eigenvalue weighted by Crippen LogP contribution is -2.45. The van der Waals surface area contributed by atoms with Crippen LogP contribution in [0.1, 0.15) is 18.5 Å². The number of aromatic nitrogens is 3. The molecule has 24 heavy (non-hydrogen) atoms. The molecule has 2 aliphatic heterocycles. The van der Waals surface area contributed by atoms with Gasteiger partial charge in [-0.25, -0.2) is 9.67 Å². The Balaban J connectivity index is 1.24. The van der Waals surface area contributed by atoms with Gasteiger partial charge in [-0.1, -0.05) is 6.07 Å². The van der Waals surface area contributed by atoms with Crippen LogP contribution in [0.4, 0.5) is 11.6 Å². The third kappa shape index (κ3) is 3.38. The highest BCUT2D eigenvalue weighted by Gasteiger charge is 2.23. The second kappa shape index (κ2) is 6.81. The Morgan fingerprint density at radius 3 is 2.96 bits per heavy atom. The summed E-state index contributed by atoms with van der Waals surface area (Å²) in [6.07, 6.45) is 4.24. The zero-order valence-electron chi connectivity index (χ0n) is 14.3. The maximum atomic E-state index is 4.55. The topological polar surface area (TPSA) is 58.0 Å². The van der Waals surface area contributed by atoms with Crippen molar-refractivity contribution < 1.29 is 0 Å². The zero-order chi connectivity index (χ0) is 16.4. The molecule has 4 rings (SSSR count). The number of nitrogens with one attached hydrogen (secondary N) is 2. The van der Waals surface area contributed by atoms with Crippen molar-refractivity contribution in [3.05, 3.63) is 36.2 Å². The summed E-state index contributed by atoms with van der Waals surface area (Å²) in [7, 11) is 0. The summed E-state index contributed by atoms with van der Waals surface area (Å²) < 4.78 is 2.11. The van der Waals surface area contributed by atoms with Crippen molar-refractivity contribution in [3.63, 3.8) is 0 Å². The number of nitrogens with zero attached hydrogens (tertiary/aromatic N) is 4. The number of hydrogen-bond acceptors (Lipinski definition) is 5. The minimum atomic E-state index is 0.602. The monoisotopic (exact) mass is 326 g/mol. The van der Waals surface area contributed by atoms with E-state index < -0.39 is 0 Å². The molecular formula is C18H26N6. The van der Waals surface area contributed by atoms with Crippen molar-refractivity contribution in [1.29, 1.82) is 0 Å². The molecule has 0 saturated carbocycles. The van der Waals surface area contributed by atoms with Crippen LogP contribution in [0.25, 0.3) is 0 Å². The van der Waals surface area contributed by atoms with Crippen LogP contribution in [-0.2, 0) is 6.54 Å². The van der Waals surface area contributed by atoms with Crippen LogP contribution in [0.2, 0.25) is 0 Å². The lowest BCUT2D eigenvalue weighted by Gasteiger charge is -2.34. The summed E-state index contributed by atoms with van der Waals surface area (Å²) in [5, 5.41) is 11.8. The Labute approximate surface area is 143 Å². The van der Waals surface area contributed by atoms with Gasteiger partial charge >= 0.3 is 0 Å². The molecule has 128 valence electrons. The molecule has 2 N–H and O–H groups in total. The van der Waals surface area contributed by atoms with Crippen molar-refractivity contribution >= 4 is 11.6 Å². The van der Waals surface area contributed by atoms with Crippen molar-refractivity contribution in [2.75, 3.05) is 36.4 Å². The largest absolute Gasteiger partial charge is 0.370 e. The van der Waals surface area contributed by atoms with Gasteiger partial charge in [0.05, 0.1) is 5.69 Å². The standard InChI is InChI=1S/C18H26N6/c1-14-10-18-21-12-15(13-24(18)22-14)11-20-16-5-8-23(9-6-16)17-4-2-3-7-19-17/h2-4,7,10,15-16,20-21H,5-6,8-9,11-13H2,1H3/t15-/m0/s1. The van der Waals surface area contributed by atoms with E-state index in [4.69, 9.17) is 0 Å². The van der Waals surface area contributed by atoms with Gasteiger partial charge in [0.25, 0.3) is 0 Å². The van der Waals surface area contributed by atoms with E-state index in [0.717, 1.165) is 50.1 Å². The number of fused-ring (bicyclic) bond motifs is 1. The van der Waals surface area contributed by atoms with Gasteiger partial charge in [0, 0.05) is 56.9 Å². The number of anilines is 2. The Bertz CT molecular complexity index is 659. The number of aryl methyl sites for hydroxylation is 1. The molecule has 0 unspecified atom stereocenters. The molecule has 0 bridgehead atoms. The third-order valence-corrected chi connectivity index (χ3v) is 5.07. The van der Waals surface area contributed by atoms with Gasteiger partial charge in [-0.05, 0) is 31.9 Å². The van der Waals surface area contributed by atoms with Crippen LogP contribution in [0, 0.1) is 12.8 Å². The molecule has 6 nitrogen and oxygen atoms in total. The molecule has 0 aromatic carbocycles. The number of piperidine rings is 1. The Kier molecular flexibility index (Phi) is 4.38. The summed E-state index contributed by atoms with van der Waals surface area (Å²) in [5.74, 6) is 2.87. The van der Waals surface area contributed by atoms with Gasteiger partial charge in [-0.15, -0.1) is 0 Å². The van der Waals surface area contributed by atoms with Crippen molar-refractivity contribution in [2.24, 2.45) is 5.92 Å². The first-order valence-corrected chi connectivity index (χ1v) is 8.95. The molecule has 0 radical (unpaired) electrons. The highest BCUT2D eigenvalue weighted by atomic mass is 15.3. The number of hydrogen-bond donors (Lipinski definition) is 2. The highest BCUT2D eigenvalue weighted by molar-refractivity contribution is 5.39. The fraction of sp³-hybridized carbons (Fsp3) is 0.556. The molecular weight excluding hydrogens is 300 g/mol. The van der Waals surface area contributed by atoms with Gasteiger partial charge in [0.1, 0.15) is 11.6 Å². The summed E-state index contributed by atoms with van der Waals surface area (Å²) in [6.45, 7) is 7.32. The maximum Gasteiger partial charge on any atom is 0.128 e. The second-order valence-electron chi connectivity index (χ2n) is 6.96. The lowest BCUT2D eigenvalue weighted by molar-refractivity contribution is 0.342.